The van der Waals surface area contributed by atoms with Crippen molar-refractivity contribution in [3.8, 4) is 0 Å². The van der Waals surface area contributed by atoms with Crippen molar-refractivity contribution < 1.29 is 0 Å². The average Bonchev–Trinajstić information content (AvgIpc) is 2.54. The number of aromatic nitrogens is 2. The first kappa shape index (κ1) is 14.9. The maximum absolute atomic E-state index is 5.96. The lowest BCUT2D eigenvalue weighted by Gasteiger charge is -2.38. The van der Waals surface area contributed by atoms with E-state index in [-0.39, 0.29) is 5.95 Å². The molecule has 0 bridgehead atoms. The minimum atomic E-state index is 0.228. The maximum Gasteiger partial charge on any atom is 0.223 e. The highest BCUT2D eigenvalue weighted by Crippen LogP contribution is 2.25. The van der Waals surface area contributed by atoms with Gasteiger partial charge in [0.25, 0.3) is 0 Å². The first-order valence-electron chi connectivity index (χ1n) is 7.46. The van der Waals surface area contributed by atoms with Crippen LogP contribution in [0.4, 0.5) is 17.5 Å². The van der Waals surface area contributed by atoms with Gasteiger partial charge < -0.3 is 15.5 Å². The number of piperidine rings is 1. The lowest BCUT2D eigenvalue weighted by Crippen LogP contribution is -2.43. The van der Waals surface area contributed by atoms with Crippen LogP contribution in [0.1, 0.15) is 12.8 Å². The molecule has 0 aliphatic carbocycles. The summed E-state index contributed by atoms with van der Waals surface area (Å²) in [7, 11) is 2.16. The Balaban J connectivity index is 1.65. The second kappa shape index (κ2) is 6.40. The van der Waals surface area contributed by atoms with Gasteiger partial charge in [0.1, 0.15) is 11.0 Å². The molecule has 0 radical (unpaired) electrons. The second-order valence-corrected chi connectivity index (χ2v) is 5.96. The highest BCUT2D eigenvalue weighted by atomic mass is 35.5. The van der Waals surface area contributed by atoms with E-state index in [9.17, 15) is 0 Å². The van der Waals surface area contributed by atoms with Crippen LogP contribution in [0.15, 0.2) is 36.4 Å². The zero-order chi connectivity index (χ0) is 15.5. The van der Waals surface area contributed by atoms with Crippen LogP contribution in [0.3, 0.4) is 0 Å². The van der Waals surface area contributed by atoms with Gasteiger partial charge in [0, 0.05) is 37.9 Å². The molecule has 0 unspecified atom stereocenters. The number of rotatable bonds is 3. The fraction of sp³-hybridized carbons (Fsp3) is 0.375. The van der Waals surface area contributed by atoms with Gasteiger partial charge in [0.05, 0.1) is 0 Å². The van der Waals surface area contributed by atoms with E-state index in [1.54, 1.807) is 6.07 Å². The monoisotopic (exact) mass is 317 g/mol. The largest absolute Gasteiger partial charge is 0.371 e. The molecule has 116 valence electrons. The van der Waals surface area contributed by atoms with Gasteiger partial charge in [-0.15, -0.1) is 0 Å². The van der Waals surface area contributed by atoms with Gasteiger partial charge in [-0.3, -0.25) is 0 Å². The molecule has 3 rings (SSSR count). The van der Waals surface area contributed by atoms with Crippen molar-refractivity contribution in [1.82, 2.24) is 9.97 Å². The molecule has 1 saturated heterocycles. The minimum absolute atomic E-state index is 0.228. The molecule has 5 nitrogen and oxygen atoms in total. The van der Waals surface area contributed by atoms with Gasteiger partial charge in [-0.2, -0.15) is 4.98 Å². The van der Waals surface area contributed by atoms with Gasteiger partial charge in [-0.05, 0) is 25.0 Å². The van der Waals surface area contributed by atoms with Crippen molar-refractivity contribution in [2.45, 2.75) is 18.9 Å². The van der Waals surface area contributed by atoms with Gasteiger partial charge in [-0.1, -0.05) is 29.8 Å². The molecular formula is C16H20ClN5. The summed E-state index contributed by atoms with van der Waals surface area (Å²) in [6.07, 6.45) is 2.15. The molecule has 22 heavy (non-hydrogen) atoms. The van der Waals surface area contributed by atoms with Crippen molar-refractivity contribution in [3.63, 3.8) is 0 Å². The molecule has 0 spiro atoms. The number of benzene rings is 1. The predicted octanol–water partition coefficient (Wildman–Crippen LogP) is 2.82. The third-order valence-electron chi connectivity index (χ3n) is 4.20. The molecule has 1 aliphatic heterocycles. The topological polar surface area (TPSA) is 58.3 Å². The molecule has 0 amide bonds. The van der Waals surface area contributed by atoms with Crippen molar-refractivity contribution in [2.75, 3.05) is 35.7 Å². The highest BCUT2D eigenvalue weighted by Gasteiger charge is 2.23. The van der Waals surface area contributed by atoms with Crippen molar-refractivity contribution in [1.29, 1.82) is 0 Å². The SMILES string of the molecule is CN(c1ccccc1)C1CCN(c2cc(Cl)nc(N)n2)CC1. The molecule has 1 aromatic heterocycles. The van der Waals surface area contributed by atoms with Gasteiger partial charge in [-0.25, -0.2) is 4.98 Å². The zero-order valence-corrected chi connectivity index (χ0v) is 13.4. The van der Waals surface area contributed by atoms with Gasteiger partial charge in [0.2, 0.25) is 5.95 Å². The van der Waals surface area contributed by atoms with Crippen LogP contribution < -0.4 is 15.5 Å². The Labute approximate surface area is 135 Å². The Morgan fingerprint density at radius 2 is 1.86 bits per heavy atom. The van der Waals surface area contributed by atoms with Crippen LogP contribution in [-0.4, -0.2) is 36.1 Å². The van der Waals surface area contributed by atoms with E-state index >= 15 is 0 Å². The van der Waals surface area contributed by atoms with E-state index in [2.05, 4.69) is 51.1 Å². The van der Waals surface area contributed by atoms with E-state index in [0.29, 0.717) is 11.2 Å². The molecular weight excluding hydrogens is 298 g/mol. The lowest BCUT2D eigenvalue weighted by molar-refractivity contribution is 0.480. The Morgan fingerprint density at radius 3 is 2.50 bits per heavy atom. The number of nitrogens with two attached hydrogens (primary N) is 1. The average molecular weight is 318 g/mol. The Morgan fingerprint density at radius 1 is 1.18 bits per heavy atom. The van der Waals surface area contributed by atoms with Crippen LogP contribution in [0.25, 0.3) is 0 Å². The summed E-state index contributed by atoms with van der Waals surface area (Å²) in [6, 6.07) is 12.8. The van der Waals surface area contributed by atoms with Crippen LogP contribution in [-0.2, 0) is 0 Å². The summed E-state index contributed by atoms with van der Waals surface area (Å²) in [6.45, 7) is 1.88. The maximum atomic E-state index is 5.96. The van der Waals surface area contributed by atoms with Crippen molar-refractivity contribution >= 4 is 29.1 Å². The predicted molar refractivity (Wildman–Crippen MR) is 91.5 cm³/mol. The number of nitrogens with zero attached hydrogens (tertiary/aromatic N) is 4. The first-order valence-corrected chi connectivity index (χ1v) is 7.84. The molecule has 1 aromatic carbocycles. The molecule has 2 heterocycles. The quantitative estimate of drug-likeness (QED) is 0.882. The van der Waals surface area contributed by atoms with Crippen LogP contribution in [0, 0.1) is 0 Å². The number of anilines is 3. The smallest absolute Gasteiger partial charge is 0.223 e. The minimum Gasteiger partial charge on any atom is -0.371 e. The molecule has 0 saturated carbocycles. The first-order chi connectivity index (χ1) is 10.6. The van der Waals surface area contributed by atoms with E-state index in [0.717, 1.165) is 31.7 Å². The Bertz CT molecular complexity index is 605. The summed E-state index contributed by atoms with van der Waals surface area (Å²) in [5, 5.41) is 0.394. The summed E-state index contributed by atoms with van der Waals surface area (Å²) in [5.74, 6) is 1.05. The van der Waals surface area contributed by atoms with E-state index in [4.69, 9.17) is 17.3 Å². The molecule has 2 aromatic rings. The number of hydrogen-bond acceptors (Lipinski definition) is 5. The lowest BCUT2D eigenvalue weighted by atomic mass is 10.0. The van der Waals surface area contributed by atoms with Crippen LogP contribution >= 0.6 is 11.6 Å². The molecule has 2 N–H and O–H groups in total. The number of halogens is 1. The molecule has 1 fully saturated rings. The molecule has 1 aliphatic rings. The summed E-state index contributed by atoms with van der Waals surface area (Å²) in [5.41, 5.74) is 6.94. The number of nitrogen functional groups attached to an aromatic ring is 1. The van der Waals surface area contributed by atoms with E-state index in [1.165, 1.54) is 5.69 Å². The Kier molecular flexibility index (Phi) is 4.34. The van der Waals surface area contributed by atoms with E-state index < -0.39 is 0 Å². The fourth-order valence-electron chi connectivity index (χ4n) is 2.94. The zero-order valence-electron chi connectivity index (χ0n) is 12.6. The Hall–Kier alpha value is -2.01. The molecule has 0 atom stereocenters. The van der Waals surface area contributed by atoms with Crippen molar-refractivity contribution in [2.24, 2.45) is 0 Å². The van der Waals surface area contributed by atoms with E-state index in [1.807, 2.05) is 6.07 Å². The standard InChI is InChI=1S/C16H20ClN5/c1-21(12-5-3-2-4-6-12)13-7-9-22(10-8-13)15-11-14(17)19-16(18)20-15/h2-6,11,13H,7-10H2,1H3,(H2,18,19,20). The number of para-hydroxylation sites is 1. The van der Waals surface area contributed by atoms with Crippen LogP contribution in [0.2, 0.25) is 5.15 Å². The second-order valence-electron chi connectivity index (χ2n) is 5.57. The van der Waals surface area contributed by atoms with Crippen LogP contribution in [0.5, 0.6) is 0 Å². The highest BCUT2D eigenvalue weighted by molar-refractivity contribution is 6.29. The van der Waals surface area contributed by atoms with Gasteiger partial charge >= 0.3 is 0 Å². The molecule has 6 heteroatoms. The number of hydrogen-bond donors (Lipinski definition) is 1. The summed E-state index contributed by atoms with van der Waals surface area (Å²) >= 11 is 5.96. The summed E-state index contributed by atoms with van der Waals surface area (Å²) in [4.78, 5) is 12.8. The fourth-order valence-corrected chi connectivity index (χ4v) is 3.13. The normalized spacial score (nSPS) is 15.8. The van der Waals surface area contributed by atoms with Gasteiger partial charge in [0.15, 0.2) is 0 Å². The third kappa shape index (κ3) is 3.25. The third-order valence-corrected chi connectivity index (χ3v) is 4.39. The van der Waals surface area contributed by atoms with Crippen molar-refractivity contribution in [3.05, 3.63) is 41.6 Å². The summed E-state index contributed by atoms with van der Waals surface area (Å²) < 4.78 is 0.